The highest BCUT2D eigenvalue weighted by Crippen LogP contribution is 2.43. The van der Waals surface area contributed by atoms with E-state index in [1.54, 1.807) is 27.5 Å². The fourth-order valence-electron chi connectivity index (χ4n) is 1.96. The van der Waals surface area contributed by atoms with Crippen LogP contribution in [0.1, 0.15) is 11.1 Å². The first-order valence-corrected chi connectivity index (χ1v) is 5.84. The number of ether oxygens (including phenoxy) is 3. The zero-order valence-corrected chi connectivity index (χ0v) is 11.3. The molecule has 1 aliphatic rings. The summed E-state index contributed by atoms with van der Waals surface area (Å²) in [4.78, 5) is 0.638. The van der Waals surface area contributed by atoms with Gasteiger partial charge in [0.05, 0.1) is 21.3 Å². The van der Waals surface area contributed by atoms with Gasteiger partial charge in [0.15, 0.2) is 11.5 Å². The van der Waals surface area contributed by atoms with E-state index in [1.165, 1.54) is 0 Å². The summed E-state index contributed by atoms with van der Waals surface area (Å²) in [6, 6.07) is 1.91. The van der Waals surface area contributed by atoms with E-state index in [1.807, 2.05) is 12.1 Å². The van der Waals surface area contributed by atoms with Gasteiger partial charge in [-0.2, -0.15) is 0 Å². The van der Waals surface area contributed by atoms with E-state index < -0.39 is 0 Å². The van der Waals surface area contributed by atoms with Gasteiger partial charge in [-0.25, -0.2) is 5.32 Å². The van der Waals surface area contributed by atoms with Crippen molar-refractivity contribution in [3.8, 4) is 17.2 Å². The minimum Gasteiger partial charge on any atom is -0.493 e. The fraction of sp³-hybridized carbons (Fsp3) is 0.308. The highest BCUT2D eigenvalue weighted by Gasteiger charge is 2.21. The van der Waals surface area contributed by atoms with Crippen molar-refractivity contribution >= 4 is 23.3 Å². The van der Waals surface area contributed by atoms with Crippen molar-refractivity contribution in [3.63, 3.8) is 0 Å². The summed E-state index contributed by atoms with van der Waals surface area (Å²) < 4.78 is 16.1. The van der Waals surface area contributed by atoms with Crippen LogP contribution in [0.2, 0.25) is 0 Å². The third-order valence-corrected chi connectivity index (χ3v) is 3.01. The highest BCUT2D eigenvalue weighted by atomic mass is 32.1. The molecule has 1 heterocycles. The van der Waals surface area contributed by atoms with E-state index in [0.29, 0.717) is 28.7 Å². The molecule has 1 aromatic rings. The maximum atomic E-state index is 5.43. The Morgan fingerprint density at radius 3 is 2.44 bits per heavy atom. The standard InChI is InChI=1S/C13H14NO3S/c1-15-10-6-8-7-11(18)14-5-4-9(8)12(16-2)13(10)17-3/h4-6H,7H2,1-3H3. The predicted octanol–water partition coefficient (Wildman–Crippen LogP) is 2.17. The molecule has 95 valence electrons. The topological polar surface area (TPSA) is 41.8 Å². The molecule has 0 bridgehead atoms. The first-order chi connectivity index (χ1) is 8.71. The normalized spacial score (nSPS) is 13.4. The first kappa shape index (κ1) is 12.7. The van der Waals surface area contributed by atoms with Gasteiger partial charge < -0.3 is 14.2 Å². The summed E-state index contributed by atoms with van der Waals surface area (Å²) >= 11 is 5.16. The number of benzene rings is 1. The molecule has 0 atom stereocenters. The van der Waals surface area contributed by atoms with Gasteiger partial charge in [-0.3, -0.25) is 0 Å². The van der Waals surface area contributed by atoms with Crippen LogP contribution < -0.4 is 19.5 Å². The zero-order chi connectivity index (χ0) is 13.1. The number of rotatable bonds is 3. The average Bonchev–Trinajstić information content (AvgIpc) is 2.56. The lowest BCUT2D eigenvalue weighted by atomic mass is 10.0. The van der Waals surface area contributed by atoms with Crippen molar-refractivity contribution in [3.05, 3.63) is 23.4 Å². The lowest BCUT2D eigenvalue weighted by Gasteiger charge is -2.16. The van der Waals surface area contributed by atoms with Gasteiger partial charge in [0.25, 0.3) is 0 Å². The van der Waals surface area contributed by atoms with Crippen molar-refractivity contribution in [1.82, 2.24) is 5.32 Å². The second kappa shape index (κ2) is 5.27. The molecule has 4 nitrogen and oxygen atoms in total. The Hall–Kier alpha value is -1.75. The third-order valence-electron chi connectivity index (χ3n) is 2.76. The minimum absolute atomic E-state index is 0.580. The summed E-state index contributed by atoms with van der Waals surface area (Å²) in [5.74, 6) is 1.85. The van der Waals surface area contributed by atoms with Gasteiger partial charge in [0.1, 0.15) is 4.99 Å². The molecule has 0 aromatic heterocycles. The Labute approximate surface area is 112 Å². The van der Waals surface area contributed by atoms with E-state index in [0.717, 1.165) is 11.1 Å². The summed E-state index contributed by atoms with van der Waals surface area (Å²) in [6.45, 7) is 0. The number of nitrogens with zero attached hydrogens (tertiary/aromatic N) is 1. The minimum atomic E-state index is 0.580. The fourth-order valence-corrected chi connectivity index (χ4v) is 2.18. The number of hydrogen-bond acceptors (Lipinski definition) is 4. The average molecular weight is 264 g/mol. The van der Waals surface area contributed by atoms with Crippen LogP contribution in [-0.2, 0) is 6.42 Å². The molecule has 0 saturated carbocycles. The molecule has 0 fully saturated rings. The smallest absolute Gasteiger partial charge is 0.203 e. The largest absolute Gasteiger partial charge is 0.493 e. The Morgan fingerprint density at radius 1 is 1.11 bits per heavy atom. The van der Waals surface area contributed by atoms with E-state index >= 15 is 0 Å². The van der Waals surface area contributed by atoms with Gasteiger partial charge in [-0.15, -0.1) is 0 Å². The molecule has 0 amide bonds. The van der Waals surface area contributed by atoms with Crippen molar-refractivity contribution in [2.45, 2.75) is 6.42 Å². The molecule has 0 aliphatic carbocycles. The summed E-state index contributed by atoms with van der Waals surface area (Å²) in [5, 5.41) is 4.14. The molecule has 0 saturated heterocycles. The van der Waals surface area contributed by atoms with Crippen LogP contribution in [0, 0.1) is 0 Å². The second-order valence-corrected chi connectivity index (χ2v) is 4.20. The van der Waals surface area contributed by atoms with Gasteiger partial charge >= 0.3 is 0 Å². The maximum absolute atomic E-state index is 5.43. The number of thiocarbonyl (C=S) groups is 1. The number of hydrogen-bond donors (Lipinski definition) is 0. The van der Waals surface area contributed by atoms with E-state index in [2.05, 4.69) is 5.32 Å². The molecular formula is C13H14NO3S. The molecular weight excluding hydrogens is 250 g/mol. The Balaban J connectivity index is 2.67. The van der Waals surface area contributed by atoms with Crippen LogP contribution in [0.25, 0.3) is 6.08 Å². The van der Waals surface area contributed by atoms with Crippen molar-refractivity contribution in [2.75, 3.05) is 21.3 Å². The summed E-state index contributed by atoms with van der Waals surface area (Å²) in [6.07, 6.45) is 4.15. The van der Waals surface area contributed by atoms with Gasteiger partial charge in [-0.05, 0) is 17.7 Å². The zero-order valence-electron chi connectivity index (χ0n) is 10.5. The third kappa shape index (κ3) is 2.13. The predicted molar refractivity (Wildman–Crippen MR) is 73.6 cm³/mol. The van der Waals surface area contributed by atoms with Crippen molar-refractivity contribution < 1.29 is 14.2 Å². The van der Waals surface area contributed by atoms with Crippen LogP contribution in [0.15, 0.2) is 12.3 Å². The Morgan fingerprint density at radius 2 is 1.83 bits per heavy atom. The Kier molecular flexibility index (Phi) is 3.72. The van der Waals surface area contributed by atoms with E-state index in [9.17, 15) is 0 Å². The molecule has 1 aromatic carbocycles. The van der Waals surface area contributed by atoms with Gasteiger partial charge in [-0.1, -0.05) is 12.2 Å². The van der Waals surface area contributed by atoms with E-state index in [4.69, 9.17) is 26.4 Å². The maximum Gasteiger partial charge on any atom is 0.203 e. The molecule has 1 radical (unpaired) electrons. The van der Waals surface area contributed by atoms with Gasteiger partial charge in [0.2, 0.25) is 5.75 Å². The summed E-state index contributed by atoms with van der Waals surface area (Å²) in [5.41, 5.74) is 1.95. The molecule has 1 aliphatic heterocycles. The van der Waals surface area contributed by atoms with E-state index in [-0.39, 0.29) is 0 Å². The van der Waals surface area contributed by atoms with Crippen LogP contribution in [0.4, 0.5) is 0 Å². The van der Waals surface area contributed by atoms with Crippen LogP contribution in [0.5, 0.6) is 17.2 Å². The SMILES string of the molecule is COc1cc2c(c(OC)c1OC)C=C[N]C(=S)C2. The first-order valence-electron chi connectivity index (χ1n) is 5.43. The number of fused-ring (bicyclic) bond motifs is 1. The van der Waals surface area contributed by atoms with Crippen LogP contribution >= 0.6 is 12.2 Å². The van der Waals surface area contributed by atoms with Crippen LogP contribution in [-0.4, -0.2) is 26.3 Å². The lowest BCUT2D eigenvalue weighted by molar-refractivity contribution is 0.323. The molecule has 0 N–H and O–H groups in total. The quantitative estimate of drug-likeness (QED) is 0.785. The van der Waals surface area contributed by atoms with Crippen molar-refractivity contribution in [2.24, 2.45) is 0 Å². The van der Waals surface area contributed by atoms with Crippen molar-refractivity contribution in [1.29, 1.82) is 0 Å². The molecule has 2 rings (SSSR count). The highest BCUT2D eigenvalue weighted by molar-refractivity contribution is 7.80. The second-order valence-electron chi connectivity index (χ2n) is 3.73. The molecule has 5 heteroatoms. The Bertz CT molecular complexity index is 511. The lowest BCUT2D eigenvalue weighted by Crippen LogP contribution is -2.09. The molecule has 0 spiro atoms. The van der Waals surface area contributed by atoms with Gasteiger partial charge in [0, 0.05) is 18.2 Å². The summed E-state index contributed by atoms with van der Waals surface area (Å²) in [7, 11) is 4.78. The number of methoxy groups -OCH3 is 3. The molecule has 0 unspecified atom stereocenters. The monoisotopic (exact) mass is 264 g/mol. The van der Waals surface area contributed by atoms with Crippen LogP contribution in [0.3, 0.4) is 0 Å². The molecule has 18 heavy (non-hydrogen) atoms.